The molecule has 0 radical (unpaired) electrons. The van der Waals surface area contributed by atoms with Crippen LogP contribution in [0.15, 0.2) is 30.3 Å². The zero-order valence-electron chi connectivity index (χ0n) is 9.60. The number of ether oxygens (including phenoxy) is 1. The van der Waals surface area contributed by atoms with Crippen LogP contribution in [0.5, 0.6) is 0 Å². The molecule has 5 heteroatoms. The SMILES string of the molecule is COC(=O)N[C@@H](Cc1ccccc1)[C@H](O)CCl. The van der Waals surface area contributed by atoms with Gasteiger partial charge in [0.1, 0.15) is 0 Å². The highest BCUT2D eigenvalue weighted by molar-refractivity contribution is 6.18. The molecule has 1 amide bonds. The van der Waals surface area contributed by atoms with Crippen LogP contribution in [0.25, 0.3) is 0 Å². The van der Waals surface area contributed by atoms with Gasteiger partial charge in [0.15, 0.2) is 0 Å². The first-order chi connectivity index (χ1) is 8.17. The second kappa shape index (κ2) is 7.14. The zero-order chi connectivity index (χ0) is 12.7. The molecule has 94 valence electrons. The van der Waals surface area contributed by atoms with E-state index in [9.17, 15) is 9.90 Å². The van der Waals surface area contributed by atoms with Gasteiger partial charge in [-0.2, -0.15) is 0 Å². The van der Waals surface area contributed by atoms with E-state index in [1.54, 1.807) is 0 Å². The van der Waals surface area contributed by atoms with E-state index in [0.717, 1.165) is 5.56 Å². The summed E-state index contributed by atoms with van der Waals surface area (Å²) in [6.07, 6.45) is -0.879. The fourth-order valence-electron chi connectivity index (χ4n) is 1.47. The topological polar surface area (TPSA) is 58.6 Å². The van der Waals surface area contributed by atoms with Gasteiger partial charge >= 0.3 is 6.09 Å². The van der Waals surface area contributed by atoms with Crippen molar-refractivity contribution >= 4 is 17.7 Å². The summed E-state index contributed by atoms with van der Waals surface area (Å²) < 4.78 is 4.51. The van der Waals surface area contributed by atoms with E-state index in [2.05, 4.69) is 10.1 Å². The number of methoxy groups -OCH3 is 1. The Hall–Kier alpha value is -1.26. The van der Waals surface area contributed by atoms with Crippen LogP contribution in [0.1, 0.15) is 5.56 Å². The number of carbonyl (C=O) groups is 1. The number of hydrogen-bond acceptors (Lipinski definition) is 3. The second-order valence-corrected chi connectivity index (χ2v) is 3.96. The van der Waals surface area contributed by atoms with Crippen LogP contribution in [-0.4, -0.2) is 36.3 Å². The highest BCUT2D eigenvalue weighted by Gasteiger charge is 2.21. The van der Waals surface area contributed by atoms with Gasteiger partial charge in [0.05, 0.1) is 25.1 Å². The first-order valence-corrected chi connectivity index (χ1v) is 5.83. The smallest absolute Gasteiger partial charge is 0.407 e. The monoisotopic (exact) mass is 257 g/mol. The van der Waals surface area contributed by atoms with Crippen molar-refractivity contribution in [2.24, 2.45) is 0 Å². The minimum absolute atomic E-state index is 0.0570. The highest BCUT2D eigenvalue weighted by atomic mass is 35.5. The summed E-state index contributed by atoms with van der Waals surface area (Å²) in [5, 5.41) is 12.3. The lowest BCUT2D eigenvalue weighted by molar-refractivity contribution is 0.127. The molecular weight excluding hydrogens is 242 g/mol. The molecule has 0 aliphatic heterocycles. The van der Waals surface area contributed by atoms with E-state index >= 15 is 0 Å². The third kappa shape index (κ3) is 4.63. The van der Waals surface area contributed by atoms with Gasteiger partial charge in [-0.1, -0.05) is 30.3 Å². The van der Waals surface area contributed by atoms with Crippen LogP contribution in [-0.2, 0) is 11.2 Å². The average Bonchev–Trinajstić information content (AvgIpc) is 2.38. The number of nitrogens with one attached hydrogen (secondary N) is 1. The molecule has 2 N–H and O–H groups in total. The fraction of sp³-hybridized carbons (Fsp3) is 0.417. The van der Waals surface area contributed by atoms with Crippen molar-refractivity contribution in [3.63, 3.8) is 0 Å². The number of amides is 1. The molecule has 0 fully saturated rings. The Labute approximate surface area is 106 Å². The van der Waals surface area contributed by atoms with E-state index in [-0.39, 0.29) is 5.88 Å². The summed E-state index contributed by atoms with van der Waals surface area (Å²) in [6.45, 7) is 0. The lowest BCUT2D eigenvalue weighted by Crippen LogP contribution is -2.45. The summed E-state index contributed by atoms with van der Waals surface area (Å²) in [5.41, 5.74) is 1.01. The van der Waals surface area contributed by atoms with Crippen molar-refractivity contribution in [1.29, 1.82) is 0 Å². The van der Waals surface area contributed by atoms with Crippen molar-refractivity contribution in [3.8, 4) is 0 Å². The number of alkyl halides is 1. The van der Waals surface area contributed by atoms with Crippen molar-refractivity contribution in [3.05, 3.63) is 35.9 Å². The van der Waals surface area contributed by atoms with Gasteiger partial charge in [-0.3, -0.25) is 0 Å². The Morgan fingerprint density at radius 2 is 2.12 bits per heavy atom. The Kier molecular flexibility index (Phi) is 5.80. The molecule has 17 heavy (non-hydrogen) atoms. The van der Waals surface area contributed by atoms with E-state index in [1.807, 2.05) is 30.3 Å². The molecule has 0 aliphatic rings. The largest absolute Gasteiger partial charge is 0.453 e. The molecule has 0 aliphatic carbocycles. The van der Waals surface area contributed by atoms with Crippen LogP contribution in [0.2, 0.25) is 0 Å². The Morgan fingerprint density at radius 3 is 2.65 bits per heavy atom. The molecule has 1 aromatic rings. The predicted octanol–water partition coefficient (Wildman–Crippen LogP) is 1.55. The minimum Gasteiger partial charge on any atom is -0.453 e. The van der Waals surface area contributed by atoms with Crippen molar-refractivity contribution in [2.45, 2.75) is 18.6 Å². The molecule has 1 rings (SSSR count). The van der Waals surface area contributed by atoms with E-state index in [1.165, 1.54) is 7.11 Å². The van der Waals surface area contributed by atoms with Crippen molar-refractivity contribution < 1.29 is 14.6 Å². The van der Waals surface area contributed by atoms with Gasteiger partial charge in [0, 0.05) is 0 Å². The number of alkyl carbamates (subject to hydrolysis) is 1. The molecule has 0 unspecified atom stereocenters. The number of rotatable bonds is 5. The number of aliphatic hydroxyl groups excluding tert-OH is 1. The third-order valence-corrected chi connectivity index (χ3v) is 2.73. The van der Waals surface area contributed by atoms with Crippen LogP contribution in [0.4, 0.5) is 4.79 Å². The van der Waals surface area contributed by atoms with Crippen molar-refractivity contribution in [1.82, 2.24) is 5.32 Å². The molecule has 2 atom stereocenters. The maximum absolute atomic E-state index is 11.1. The number of carbonyl (C=O) groups excluding carboxylic acids is 1. The van der Waals surface area contributed by atoms with Crippen LogP contribution < -0.4 is 5.32 Å². The minimum atomic E-state index is -0.809. The summed E-state index contributed by atoms with van der Waals surface area (Å²) in [5.74, 6) is 0.0570. The lowest BCUT2D eigenvalue weighted by atomic mass is 10.0. The Balaban J connectivity index is 2.67. The standard InChI is InChI=1S/C12H16ClNO3/c1-17-12(16)14-10(11(15)8-13)7-9-5-3-2-4-6-9/h2-6,10-11,15H,7-8H2,1H3,(H,14,16)/t10-,11+/m0/s1. The second-order valence-electron chi connectivity index (χ2n) is 3.65. The Morgan fingerprint density at radius 1 is 1.47 bits per heavy atom. The molecule has 4 nitrogen and oxygen atoms in total. The zero-order valence-corrected chi connectivity index (χ0v) is 10.4. The maximum Gasteiger partial charge on any atom is 0.407 e. The summed E-state index contributed by atoms with van der Waals surface area (Å²) in [4.78, 5) is 11.1. The van der Waals surface area contributed by atoms with E-state index in [0.29, 0.717) is 6.42 Å². The molecule has 0 saturated heterocycles. The predicted molar refractivity (Wildman–Crippen MR) is 66.2 cm³/mol. The summed E-state index contributed by atoms with van der Waals surface area (Å²) in [6, 6.07) is 9.10. The maximum atomic E-state index is 11.1. The lowest BCUT2D eigenvalue weighted by Gasteiger charge is -2.22. The number of halogens is 1. The van der Waals surface area contributed by atoms with Gasteiger partial charge in [-0.25, -0.2) is 4.79 Å². The fourth-order valence-corrected chi connectivity index (χ4v) is 1.68. The van der Waals surface area contributed by atoms with Crippen LogP contribution >= 0.6 is 11.6 Å². The summed E-state index contributed by atoms with van der Waals surface area (Å²) >= 11 is 5.60. The van der Waals surface area contributed by atoms with E-state index < -0.39 is 18.2 Å². The van der Waals surface area contributed by atoms with Crippen molar-refractivity contribution in [2.75, 3.05) is 13.0 Å². The molecule has 0 spiro atoms. The third-order valence-electron chi connectivity index (χ3n) is 2.41. The Bertz CT molecular complexity index is 345. The first kappa shape index (κ1) is 13.8. The van der Waals surface area contributed by atoms with Crippen LogP contribution in [0, 0.1) is 0 Å². The first-order valence-electron chi connectivity index (χ1n) is 5.29. The van der Waals surface area contributed by atoms with Gasteiger partial charge in [0.2, 0.25) is 0 Å². The highest BCUT2D eigenvalue weighted by Crippen LogP contribution is 2.07. The van der Waals surface area contributed by atoms with Gasteiger partial charge in [0.25, 0.3) is 0 Å². The molecule has 0 aromatic heterocycles. The van der Waals surface area contributed by atoms with Gasteiger partial charge in [-0.15, -0.1) is 11.6 Å². The number of aliphatic hydroxyl groups is 1. The average molecular weight is 258 g/mol. The quantitative estimate of drug-likeness (QED) is 0.787. The number of benzene rings is 1. The number of hydrogen-bond donors (Lipinski definition) is 2. The molecule has 0 heterocycles. The molecule has 1 aromatic carbocycles. The molecule has 0 bridgehead atoms. The molecular formula is C12H16ClNO3. The normalized spacial score (nSPS) is 13.8. The van der Waals surface area contributed by atoms with Crippen LogP contribution in [0.3, 0.4) is 0 Å². The molecule has 0 saturated carbocycles. The van der Waals surface area contributed by atoms with Gasteiger partial charge in [-0.05, 0) is 12.0 Å². The van der Waals surface area contributed by atoms with Gasteiger partial charge < -0.3 is 15.2 Å². The summed E-state index contributed by atoms with van der Waals surface area (Å²) in [7, 11) is 1.28. The van der Waals surface area contributed by atoms with E-state index in [4.69, 9.17) is 11.6 Å².